The van der Waals surface area contributed by atoms with Crippen molar-refractivity contribution in [2.45, 2.75) is 18.7 Å². The van der Waals surface area contributed by atoms with Crippen LogP contribution in [0.1, 0.15) is 22.8 Å². The molecule has 0 aliphatic carbocycles. The number of aryl methyl sites for hydroxylation is 1. The highest BCUT2D eigenvalue weighted by atomic mass is 35.5. The molecule has 0 aromatic heterocycles. The summed E-state index contributed by atoms with van der Waals surface area (Å²) in [4.78, 5) is 12.4. The van der Waals surface area contributed by atoms with Gasteiger partial charge in [-0.1, -0.05) is 53.0 Å². The van der Waals surface area contributed by atoms with E-state index in [1.165, 1.54) is 19.1 Å². The summed E-state index contributed by atoms with van der Waals surface area (Å²) in [7, 11) is -4.00. The lowest BCUT2D eigenvalue weighted by Gasteiger charge is -2.23. The average molecular weight is 382 g/mol. The molecule has 124 valence electrons. The van der Waals surface area contributed by atoms with Crippen molar-refractivity contribution in [3.8, 4) is 0 Å². The Bertz CT molecular complexity index is 993. The molecule has 2 aromatic carbocycles. The summed E-state index contributed by atoms with van der Waals surface area (Å²) in [5.41, 5.74) is 1.71. The van der Waals surface area contributed by atoms with Gasteiger partial charge < -0.3 is 5.32 Å². The van der Waals surface area contributed by atoms with Crippen LogP contribution in [0.5, 0.6) is 0 Å². The van der Waals surface area contributed by atoms with Crippen molar-refractivity contribution >= 4 is 44.5 Å². The number of halogens is 2. The van der Waals surface area contributed by atoms with Gasteiger partial charge in [0, 0.05) is 11.3 Å². The lowest BCUT2D eigenvalue weighted by Crippen LogP contribution is -2.24. The molecule has 0 atom stereocenters. The summed E-state index contributed by atoms with van der Waals surface area (Å²) in [6.07, 6.45) is 0. The number of ketones is 1. The number of hydrogen-bond donors (Lipinski definition) is 1. The van der Waals surface area contributed by atoms with Crippen LogP contribution in [0.4, 0.5) is 5.69 Å². The SMILES string of the molecule is CC1=C(C(=O)c2ccc(C)cc2)S(=O)(=O)c2ccc(Cl)c(Cl)c2N1. The normalized spacial score (nSPS) is 15.7. The van der Waals surface area contributed by atoms with E-state index in [-0.39, 0.29) is 31.2 Å². The Morgan fingerprint density at radius 1 is 1.00 bits per heavy atom. The fraction of sp³-hybridized carbons (Fsp3) is 0.118. The Morgan fingerprint density at radius 2 is 1.62 bits per heavy atom. The zero-order valence-electron chi connectivity index (χ0n) is 12.9. The highest BCUT2D eigenvalue weighted by molar-refractivity contribution is 7.96. The van der Waals surface area contributed by atoms with E-state index in [2.05, 4.69) is 5.32 Å². The molecule has 0 amide bonds. The maximum atomic E-state index is 12.9. The summed E-state index contributed by atoms with van der Waals surface area (Å²) in [6.45, 7) is 3.42. The van der Waals surface area contributed by atoms with E-state index >= 15 is 0 Å². The number of fused-ring (bicyclic) bond motifs is 1. The Hall–Kier alpha value is -1.82. The molecule has 0 saturated carbocycles. The maximum Gasteiger partial charge on any atom is 0.214 e. The number of sulfone groups is 1. The fourth-order valence-corrected chi connectivity index (χ4v) is 4.69. The first-order chi connectivity index (χ1) is 11.2. The molecule has 7 heteroatoms. The fourth-order valence-electron chi connectivity index (χ4n) is 2.56. The first-order valence-electron chi connectivity index (χ1n) is 7.06. The maximum absolute atomic E-state index is 12.9. The van der Waals surface area contributed by atoms with Crippen LogP contribution in [0.2, 0.25) is 10.0 Å². The molecule has 0 bridgehead atoms. The Balaban J connectivity index is 2.18. The minimum absolute atomic E-state index is 0.0574. The van der Waals surface area contributed by atoms with E-state index in [1.54, 1.807) is 24.3 Å². The highest BCUT2D eigenvalue weighted by Gasteiger charge is 2.36. The molecule has 0 saturated heterocycles. The van der Waals surface area contributed by atoms with Gasteiger partial charge in [0.05, 0.1) is 20.6 Å². The molecule has 1 aliphatic rings. The first-order valence-corrected chi connectivity index (χ1v) is 9.29. The standard InChI is InChI=1S/C17H13Cl2NO3S/c1-9-3-5-11(6-4-9)16(21)17-10(2)20-15-13(24(17,22)23)8-7-12(18)14(15)19/h3-8,20H,1-2H3. The van der Waals surface area contributed by atoms with Crippen LogP contribution in [-0.4, -0.2) is 14.2 Å². The Kier molecular flexibility index (Phi) is 4.20. The molecule has 1 N–H and O–H groups in total. The topological polar surface area (TPSA) is 63.2 Å². The molecule has 1 aliphatic heterocycles. The molecule has 0 spiro atoms. The number of benzene rings is 2. The molecular weight excluding hydrogens is 369 g/mol. The summed E-state index contributed by atoms with van der Waals surface area (Å²) in [6, 6.07) is 9.49. The summed E-state index contributed by atoms with van der Waals surface area (Å²) in [5.74, 6) is -0.559. The van der Waals surface area contributed by atoms with E-state index in [1.807, 2.05) is 6.92 Å². The largest absolute Gasteiger partial charge is 0.356 e. The molecule has 0 radical (unpaired) electrons. The molecular formula is C17H13Cl2NO3S. The van der Waals surface area contributed by atoms with Gasteiger partial charge in [-0.15, -0.1) is 0 Å². The van der Waals surface area contributed by atoms with Crippen molar-refractivity contribution in [1.29, 1.82) is 0 Å². The molecule has 24 heavy (non-hydrogen) atoms. The number of nitrogens with one attached hydrogen (secondary N) is 1. The van der Waals surface area contributed by atoms with E-state index in [9.17, 15) is 13.2 Å². The smallest absolute Gasteiger partial charge is 0.214 e. The first kappa shape index (κ1) is 17.0. The van der Waals surface area contributed by atoms with Crippen LogP contribution in [-0.2, 0) is 9.84 Å². The van der Waals surface area contributed by atoms with Gasteiger partial charge in [-0.2, -0.15) is 0 Å². The van der Waals surface area contributed by atoms with Crippen LogP contribution in [0.15, 0.2) is 51.9 Å². The number of Topliss-reactive ketones (excluding diaryl/α,β-unsaturated/α-hetero) is 1. The van der Waals surface area contributed by atoms with Gasteiger partial charge in [-0.3, -0.25) is 4.79 Å². The van der Waals surface area contributed by atoms with Gasteiger partial charge in [0.2, 0.25) is 15.6 Å². The van der Waals surface area contributed by atoms with E-state index in [0.717, 1.165) is 5.56 Å². The van der Waals surface area contributed by atoms with Crippen LogP contribution in [0.25, 0.3) is 0 Å². The van der Waals surface area contributed by atoms with E-state index in [0.29, 0.717) is 5.56 Å². The predicted molar refractivity (Wildman–Crippen MR) is 95.5 cm³/mol. The zero-order chi connectivity index (χ0) is 17.6. The Morgan fingerprint density at radius 3 is 2.25 bits per heavy atom. The van der Waals surface area contributed by atoms with Gasteiger partial charge in [0.25, 0.3) is 0 Å². The molecule has 0 fully saturated rings. The van der Waals surface area contributed by atoms with Crippen LogP contribution < -0.4 is 5.32 Å². The number of anilines is 1. The van der Waals surface area contributed by atoms with Crippen molar-refractivity contribution in [1.82, 2.24) is 0 Å². The minimum Gasteiger partial charge on any atom is -0.356 e. The summed E-state index contributed by atoms with van der Waals surface area (Å²) < 4.78 is 25.9. The zero-order valence-corrected chi connectivity index (χ0v) is 15.2. The van der Waals surface area contributed by atoms with Crippen molar-refractivity contribution in [2.75, 3.05) is 5.32 Å². The minimum atomic E-state index is -4.00. The van der Waals surface area contributed by atoms with Gasteiger partial charge in [-0.25, -0.2) is 8.42 Å². The molecule has 2 aromatic rings. The third-order valence-corrected chi connectivity index (χ3v) is 6.54. The second-order valence-corrected chi connectivity index (χ2v) is 8.15. The van der Waals surface area contributed by atoms with Crippen molar-refractivity contribution < 1.29 is 13.2 Å². The summed E-state index contributed by atoms with van der Waals surface area (Å²) >= 11 is 12.0. The average Bonchev–Trinajstić information content (AvgIpc) is 2.51. The highest BCUT2D eigenvalue weighted by Crippen LogP contribution is 2.42. The van der Waals surface area contributed by atoms with E-state index in [4.69, 9.17) is 23.2 Å². The van der Waals surface area contributed by atoms with Crippen LogP contribution in [0, 0.1) is 6.92 Å². The lowest BCUT2D eigenvalue weighted by atomic mass is 10.1. The van der Waals surface area contributed by atoms with Crippen molar-refractivity contribution in [2.24, 2.45) is 0 Å². The Labute approximate surface area is 150 Å². The number of carbonyl (C=O) groups excluding carboxylic acids is 1. The second kappa shape index (κ2) is 5.92. The third kappa shape index (κ3) is 2.62. The number of hydrogen-bond acceptors (Lipinski definition) is 4. The monoisotopic (exact) mass is 381 g/mol. The number of carbonyl (C=O) groups is 1. The number of rotatable bonds is 2. The van der Waals surface area contributed by atoms with Crippen molar-refractivity contribution in [3.63, 3.8) is 0 Å². The quantitative estimate of drug-likeness (QED) is 0.771. The summed E-state index contributed by atoms with van der Waals surface area (Å²) in [5, 5.41) is 3.25. The molecule has 1 heterocycles. The van der Waals surface area contributed by atoms with Crippen LogP contribution >= 0.6 is 23.2 Å². The molecule has 4 nitrogen and oxygen atoms in total. The van der Waals surface area contributed by atoms with Gasteiger partial charge in [-0.05, 0) is 26.0 Å². The second-order valence-electron chi connectivity index (χ2n) is 5.51. The van der Waals surface area contributed by atoms with Gasteiger partial charge >= 0.3 is 0 Å². The van der Waals surface area contributed by atoms with Gasteiger partial charge in [0.15, 0.2) is 0 Å². The molecule has 3 rings (SSSR count). The third-order valence-electron chi connectivity index (χ3n) is 3.79. The predicted octanol–water partition coefficient (Wildman–Crippen LogP) is 4.62. The van der Waals surface area contributed by atoms with Crippen LogP contribution in [0.3, 0.4) is 0 Å². The van der Waals surface area contributed by atoms with Gasteiger partial charge in [0.1, 0.15) is 4.91 Å². The van der Waals surface area contributed by atoms with Crippen molar-refractivity contribution in [3.05, 3.63) is 68.2 Å². The van der Waals surface area contributed by atoms with E-state index < -0.39 is 15.6 Å². The molecule has 0 unspecified atom stereocenters. The number of allylic oxidation sites excluding steroid dienone is 2. The lowest BCUT2D eigenvalue weighted by molar-refractivity contribution is 0.104.